The number of nitrogens with zero attached hydrogens (tertiary/aromatic N) is 4. The van der Waals surface area contributed by atoms with E-state index in [1.807, 2.05) is 0 Å². The van der Waals surface area contributed by atoms with Gasteiger partial charge >= 0.3 is 5.69 Å². The van der Waals surface area contributed by atoms with Crippen molar-refractivity contribution in [1.29, 1.82) is 0 Å². The van der Waals surface area contributed by atoms with Crippen molar-refractivity contribution in [1.82, 2.24) is 24.6 Å². The summed E-state index contributed by atoms with van der Waals surface area (Å²) in [6.45, 7) is -0.273. The van der Waals surface area contributed by atoms with E-state index in [4.69, 9.17) is 11.6 Å². The van der Waals surface area contributed by atoms with Crippen molar-refractivity contribution in [3.63, 3.8) is 0 Å². The molecule has 0 radical (unpaired) electrons. The van der Waals surface area contributed by atoms with Crippen LogP contribution in [0, 0.1) is 5.82 Å². The fourth-order valence-corrected chi connectivity index (χ4v) is 3.24. The standard InChI is InChI=1S/C23H17ClFN5O3/c24-17-7-9-18(10-8-17)30-23(33)29(14-16-5-1-2-6-19(16)25)22(32)20(28-30)21(31)27-13-15-4-3-11-26-12-15/h1-12H,13-14H2,(H,27,31). The van der Waals surface area contributed by atoms with E-state index in [1.54, 1.807) is 42.7 Å². The molecular formula is C23H17ClFN5O3. The quantitative estimate of drug-likeness (QED) is 0.472. The van der Waals surface area contributed by atoms with Gasteiger partial charge in [0.15, 0.2) is 0 Å². The molecular weight excluding hydrogens is 449 g/mol. The largest absolute Gasteiger partial charge is 0.352 e. The third kappa shape index (κ3) is 4.88. The minimum Gasteiger partial charge on any atom is -0.346 e. The average Bonchev–Trinajstić information content (AvgIpc) is 2.83. The van der Waals surface area contributed by atoms with Gasteiger partial charge in [-0.1, -0.05) is 35.9 Å². The summed E-state index contributed by atoms with van der Waals surface area (Å²) in [5.74, 6) is -1.37. The molecule has 2 aromatic carbocycles. The Morgan fingerprint density at radius 2 is 1.79 bits per heavy atom. The van der Waals surface area contributed by atoms with Gasteiger partial charge < -0.3 is 5.32 Å². The number of pyridine rings is 1. The van der Waals surface area contributed by atoms with Gasteiger partial charge in [0.25, 0.3) is 11.5 Å². The fraction of sp³-hybridized carbons (Fsp3) is 0.0870. The van der Waals surface area contributed by atoms with Crippen LogP contribution in [-0.2, 0) is 13.1 Å². The Kier molecular flexibility index (Phi) is 6.41. The SMILES string of the molecule is O=C(NCc1cccnc1)c1nn(-c2ccc(Cl)cc2)c(=O)n(Cc2ccccc2F)c1=O. The molecule has 2 heterocycles. The van der Waals surface area contributed by atoms with Crippen LogP contribution in [0.15, 0.2) is 82.6 Å². The maximum atomic E-state index is 14.2. The number of aromatic nitrogens is 4. The summed E-state index contributed by atoms with van der Waals surface area (Å²) in [5, 5.41) is 7.05. The van der Waals surface area contributed by atoms with Crippen molar-refractivity contribution in [3.8, 4) is 5.69 Å². The summed E-state index contributed by atoms with van der Waals surface area (Å²) in [4.78, 5) is 43.0. The van der Waals surface area contributed by atoms with E-state index in [2.05, 4.69) is 15.4 Å². The lowest BCUT2D eigenvalue weighted by atomic mass is 10.2. The second kappa shape index (κ2) is 9.58. The number of carbonyl (C=O) groups excluding carboxylic acids is 1. The van der Waals surface area contributed by atoms with Gasteiger partial charge in [0, 0.05) is 29.5 Å². The van der Waals surface area contributed by atoms with Crippen LogP contribution in [0.2, 0.25) is 5.02 Å². The molecule has 0 spiro atoms. The molecule has 1 N–H and O–H groups in total. The Hall–Kier alpha value is -4.11. The summed E-state index contributed by atoms with van der Waals surface area (Å²) >= 11 is 5.93. The molecule has 0 bridgehead atoms. The lowest BCUT2D eigenvalue weighted by molar-refractivity contribution is 0.0941. The zero-order valence-corrected chi connectivity index (χ0v) is 17.9. The third-order valence-electron chi connectivity index (χ3n) is 4.81. The molecule has 8 nitrogen and oxygen atoms in total. The highest BCUT2D eigenvalue weighted by Gasteiger charge is 2.21. The molecule has 0 aliphatic heterocycles. The highest BCUT2D eigenvalue weighted by molar-refractivity contribution is 6.30. The Morgan fingerprint density at radius 3 is 2.48 bits per heavy atom. The van der Waals surface area contributed by atoms with E-state index in [0.29, 0.717) is 10.6 Å². The first-order valence-corrected chi connectivity index (χ1v) is 10.2. The van der Waals surface area contributed by atoms with Crippen LogP contribution in [0.4, 0.5) is 4.39 Å². The molecule has 4 rings (SSSR count). The highest BCUT2D eigenvalue weighted by Crippen LogP contribution is 2.12. The van der Waals surface area contributed by atoms with Gasteiger partial charge in [-0.05, 0) is 42.0 Å². The average molecular weight is 466 g/mol. The highest BCUT2D eigenvalue weighted by atomic mass is 35.5. The van der Waals surface area contributed by atoms with Gasteiger partial charge in [-0.15, -0.1) is 0 Å². The Morgan fingerprint density at radius 1 is 1.03 bits per heavy atom. The summed E-state index contributed by atoms with van der Waals surface area (Å²) in [7, 11) is 0. The molecule has 0 aliphatic rings. The summed E-state index contributed by atoms with van der Waals surface area (Å²) in [6, 6.07) is 15.4. The maximum absolute atomic E-state index is 14.2. The Bertz CT molecular complexity index is 1420. The number of benzene rings is 2. The first-order valence-electron chi connectivity index (χ1n) is 9.84. The van der Waals surface area contributed by atoms with Crippen LogP contribution in [0.5, 0.6) is 0 Å². The molecule has 0 unspecified atom stereocenters. The van der Waals surface area contributed by atoms with E-state index in [1.165, 1.54) is 30.3 Å². The van der Waals surface area contributed by atoms with E-state index in [0.717, 1.165) is 9.25 Å². The predicted molar refractivity (Wildman–Crippen MR) is 120 cm³/mol. The van der Waals surface area contributed by atoms with Crippen LogP contribution < -0.4 is 16.6 Å². The zero-order chi connectivity index (χ0) is 23.4. The van der Waals surface area contributed by atoms with E-state index < -0.39 is 28.7 Å². The number of hydrogen-bond acceptors (Lipinski definition) is 5. The maximum Gasteiger partial charge on any atom is 0.352 e. The molecule has 166 valence electrons. The predicted octanol–water partition coefficient (Wildman–Crippen LogP) is 2.56. The first-order chi connectivity index (χ1) is 15.9. The molecule has 10 heteroatoms. The zero-order valence-electron chi connectivity index (χ0n) is 17.1. The van der Waals surface area contributed by atoms with Crippen molar-refractivity contribution < 1.29 is 9.18 Å². The number of rotatable bonds is 6. The van der Waals surface area contributed by atoms with Crippen molar-refractivity contribution in [2.75, 3.05) is 0 Å². The van der Waals surface area contributed by atoms with Crippen molar-refractivity contribution >= 4 is 17.5 Å². The van der Waals surface area contributed by atoms with Crippen molar-refractivity contribution in [3.05, 3.63) is 122 Å². The van der Waals surface area contributed by atoms with Gasteiger partial charge in [-0.2, -0.15) is 9.78 Å². The molecule has 0 saturated heterocycles. The topological polar surface area (TPSA) is 98.9 Å². The number of hydrogen-bond donors (Lipinski definition) is 1. The first kappa shape index (κ1) is 22.1. The second-order valence-corrected chi connectivity index (χ2v) is 7.48. The van der Waals surface area contributed by atoms with Crippen LogP contribution in [0.25, 0.3) is 5.69 Å². The van der Waals surface area contributed by atoms with E-state index in [-0.39, 0.29) is 24.3 Å². The Labute approximate surface area is 191 Å². The van der Waals surface area contributed by atoms with Crippen LogP contribution in [0.1, 0.15) is 21.6 Å². The number of halogens is 2. The molecule has 0 aliphatic carbocycles. The molecule has 4 aromatic rings. The molecule has 0 atom stereocenters. The molecule has 2 aromatic heterocycles. The van der Waals surface area contributed by atoms with Crippen molar-refractivity contribution in [2.45, 2.75) is 13.1 Å². The van der Waals surface area contributed by atoms with Gasteiger partial charge in [0.05, 0.1) is 12.2 Å². The smallest absolute Gasteiger partial charge is 0.346 e. The number of nitrogens with one attached hydrogen (secondary N) is 1. The molecule has 0 saturated carbocycles. The minimum absolute atomic E-state index is 0.0984. The molecule has 0 fully saturated rings. The Balaban J connectivity index is 1.79. The van der Waals surface area contributed by atoms with E-state index >= 15 is 0 Å². The van der Waals surface area contributed by atoms with Gasteiger partial charge in [0.1, 0.15) is 5.82 Å². The summed E-state index contributed by atoms with van der Waals surface area (Å²) < 4.78 is 15.9. The van der Waals surface area contributed by atoms with Crippen LogP contribution in [-0.4, -0.2) is 25.2 Å². The van der Waals surface area contributed by atoms with Crippen LogP contribution in [0.3, 0.4) is 0 Å². The number of amides is 1. The minimum atomic E-state index is -0.933. The van der Waals surface area contributed by atoms with E-state index in [9.17, 15) is 18.8 Å². The lowest BCUT2D eigenvalue weighted by Crippen LogP contribution is -2.46. The molecule has 33 heavy (non-hydrogen) atoms. The lowest BCUT2D eigenvalue weighted by Gasteiger charge is -2.13. The number of carbonyl (C=O) groups is 1. The van der Waals surface area contributed by atoms with Gasteiger partial charge in [-0.25, -0.2) is 9.18 Å². The normalized spacial score (nSPS) is 10.7. The van der Waals surface area contributed by atoms with Gasteiger partial charge in [0.2, 0.25) is 5.69 Å². The van der Waals surface area contributed by atoms with Crippen molar-refractivity contribution in [2.24, 2.45) is 0 Å². The monoisotopic (exact) mass is 465 g/mol. The summed E-state index contributed by atoms with van der Waals surface area (Å²) in [6.07, 6.45) is 3.16. The van der Waals surface area contributed by atoms with Gasteiger partial charge in [-0.3, -0.25) is 19.1 Å². The van der Waals surface area contributed by atoms with Crippen LogP contribution >= 0.6 is 11.6 Å². The second-order valence-electron chi connectivity index (χ2n) is 7.05. The summed E-state index contributed by atoms with van der Waals surface area (Å²) in [5.41, 5.74) is -1.15. The fourth-order valence-electron chi connectivity index (χ4n) is 3.11. The molecule has 1 amide bonds. The third-order valence-corrected chi connectivity index (χ3v) is 5.06.